The number of fused-ring (bicyclic) bond motifs is 26. The highest BCUT2D eigenvalue weighted by molar-refractivity contribution is 6.15. The van der Waals surface area contributed by atoms with E-state index in [0.717, 1.165) is 89.6 Å². The molecule has 0 radical (unpaired) electrons. The van der Waals surface area contributed by atoms with Crippen LogP contribution in [0.3, 0.4) is 0 Å². The van der Waals surface area contributed by atoms with Crippen molar-refractivity contribution in [3.05, 3.63) is 208 Å². The van der Waals surface area contributed by atoms with Crippen LogP contribution in [0.25, 0.3) is 178 Å². The Bertz CT molecular complexity index is 7840. The van der Waals surface area contributed by atoms with Crippen molar-refractivity contribution in [3.63, 3.8) is 0 Å². The number of hydrogen-bond donors (Lipinski definition) is 0. The van der Waals surface area contributed by atoms with E-state index in [2.05, 4.69) is 357 Å². The van der Waals surface area contributed by atoms with Crippen molar-refractivity contribution in [2.24, 2.45) is 56.4 Å². The summed E-state index contributed by atoms with van der Waals surface area (Å²) in [5.74, 6) is 5.81. The molecule has 114 heavy (non-hydrogen) atoms. The van der Waals surface area contributed by atoms with Gasteiger partial charge in [-0.25, -0.2) is 34.9 Å². The van der Waals surface area contributed by atoms with Crippen LogP contribution < -0.4 is 0 Å². The van der Waals surface area contributed by atoms with Gasteiger partial charge in [-0.3, -0.25) is 17.6 Å². The van der Waals surface area contributed by atoms with Gasteiger partial charge in [0.2, 0.25) is 23.1 Å². The molecule has 0 atom stereocenters. The summed E-state index contributed by atoms with van der Waals surface area (Å²) in [6.45, 7) is 35.6. The second-order valence-electron chi connectivity index (χ2n) is 34.8. The summed E-state index contributed by atoms with van der Waals surface area (Å²) in [7, 11) is 16.9. The van der Waals surface area contributed by atoms with E-state index < -0.39 is 0 Å². The minimum Gasteiger partial charge on any atom is -0.343 e. The third kappa shape index (κ3) is 10.0. The van der Waals surface area contributed by atoms with E-state index in [-0.39, 0.29) is 10.8 Å². The van der Waals surface area contributed by atoms with Crippen molar-refractivity contribution >= 4 is 166 Å². The number of benzene rings is 10. The van der Waals surface area contributed by atoms with Gasteiger partial charge in [0.25, 0.3) is 0 Å². The fraction of sp³-hybridized carbons (Fsp3) is 0.295. The van der Waals surface area contributed by atoms with Gasteiger partial charge in [-0.05, 0) is 158 Å². The molecule has 0 amide bonds. The Hall–Kier alpha value is -12.5. The first-order valence-electron chi connectivity index (χ1n) is 39.9. The molecule has 12 aromatic heterocycles. The molecular formula is C95H99N19. The Labute approximate surface area is 660 Å². The van der Waals surface area contributed by atoms with E-state index in [4.69, 9.17) is 24.9 Å². The minimum absolute atomic E-state index is 0.0477. The number of aromatic nitrogens is 19. The van der Waals surface area contributed by atoms with Gasteiger partial charge in [-0.2, -0.15) is 0 Å². The molecule has 0 saturated heterocycles. The van der Waals surface area contributed by atoms with Gasteiger partial charge in [0.05, 0.1) is 140 Å². The molecule has 0 fully saturated rings. The van der Waals surface area contributed by atoms with Crippen molar-refractivity contribution in [2.75, 3.05) is 0 Å². The van der Waals surface area contributed by atoms with Crippen molar-refractivity contribution in [1.29, 1.82) is 0 Å². The fourth-order valence-electron chi connectivity index (χ4n) is 19.6. The topological polar surface area (TPSA) is 147 Å². The number of imidazole rings is 11. The normalized spacial score (nSPS) is 12.7. The zero-order chi connectivity index (χ0) is 80.0. The van der Waals surface area contributed by atoms with Gasteiger partial charge in [-0.15, -0.1) is 0 Å². The summed E-state index contributed by atoms with van der Waals surface area (Å²) >= 11 is 0. The van der Waals surface area contributed by atoms with Gasteiger partial charge in [0.1, 0.15) is 5.82 Å². The Balaban J connectivity index is 0.000000103. The first-order chi connectivity index (χ1) is 54.4. The zero-order valence-electron chi connectivity index (χ0n) is 70.1. The lowest BCUT2D eigenvalue weighted by molar-refractivity contribution is 0.594. The molecule has 0 unspecified atom stereocenters. The zero-order valence-corrected chi connectivity index (χ0v) is 70.1. The van der Waals surface area contributed by atoms with Crippen molar-refractivity contribution in [1.82, 2.24) is 89.0 Å². The van der Waals surface area contributed by atoms with Gasteiger partial charge in [-0.1, -0.05) is 154 Å². The smallest absolute Gasteiger partial charge is 0.215 e. The Kier molecular flexibility index (Phi) is 15.7. The van der Waals surface area contributed by atoms with Crippen molar-refractivity contribution in [2.45, 2.75) is 133 Å². The molecule has 0 aliphatic heterocycles. The van der Waals surface area contributed by atoms with E-state index in [0.29, 0.717) is 11.8 Å². The Morgan fingerprint density at radius 3 is 1.07 bits per heavy atom. The third-order valence-electron chi connectivity index (χ3n) is 24.9. The van der Waals surface area contributed by atoms with Crippen molar-refractivity contribution in [3.8, 4) is 11.4 Å². The van der Waals surface area contributed by atoms with Crippen LogP contribution in [0.5, 0.6) is 0 Å². The lowest BCUT2D eigenvalue weighted by Gasteiger charge is -2.19. The highest BCUT2D eigenvalue weighted by Crippen LogP contribution is 2.44. The molecule has 0 saturated carbocycles. The number of hydrogen-bond acceptors (Lipinski definition) is 7. The van der Waals surface area contributed by atoms with Gasteiger partial charge < -0.3 is 36.5 Å². The van der Waals surface area contributed by atoms with Crippen LogP contribution in [0, 0.1) is 41.5 Å². The van der Waals surface area contributed by atoms with Crippen LogP contribution in [0.1, 0.15) is 137 Å². The number of aryl methyl sites for hydroxylation is 14. The number of para-hydroxylation sites is 5. The Morgan fingerprint density at radius 1 is 0.298 bits per heavy atom. The molecule has 0 aliphatic rings. The quantitative estimate of drug-likeness (QED) is 0.171. The summed E-state index contributed by atoms with van der Waals surface area (Å²) in [4.78, 5) is 34.5. The van der Waals surface area contributed by atoms with Crippen LogP contribution in [-0.2, 0) is 67.2 Å². The predicted molar refractivity (Wildman–Crippen MR) is 473 cm³/mol. The number of nitrogens with zero attached hydrogens (tertiary/aromatic N) is 19. The average Bonchev–Trinajstić information content (AvgIpc) is 1.56. The molecule has 22 aromatic rings. The second kappa shape index (κ2) is 25.0. The molecule has 574 valence electrons. The second-order valence-corrected chi connectivity index (χ2v) is 34.8. The summed E-state index contributed by atoms with van der Waals surface area (Å²) < 4.78 is 26.9. The first-order valence-corrected chi connectivity index (χ1v) is 39.9. The highest BCUT2D eigenvalue weighted by Gasteiger charge is 2.30. The van der Waals surface area contributed by atoms with E-state index >= 15 is 0 Å². The fourth-order valence-corrected chi connectivity index (χ4v) is 19.6. The van der Waals surface area contributed by atoms with Crippen LogP contribution in [0.4, 0.5) is 0 Å². The summed E-state index contributed by atoms with van der Waals surface area (Å²) in [6.07, 6.45) is 3.77. The van der Waals surface area contributed by atoms with E-state index in [9.17, 15) is 0 Å². The lowest BCUT2D eigenvalue weighted by Crippen LogP contribution is -2.11. The maximum atomic E-state index is 5.30. The highest BCUT2D eigenvalue weighted by atomic mass is 15.2. The lowest BCUT2D eigenvalue weighted by atomic mass is 9.86. The van der Waals surface area contributed by atoms with Crippen LogP contribution >= 0.6 is 0 Å². The van der Waals surface area contributed by atoms with Crippen molar-refractivity contribution < 1.29 is 0 Å². The standard InChI is InChI=1S/C30H33N5.C26H26N4.C21H23N5.C18H17N5/c1-16(2)20-12-10-13-21(17(3)4)25(20)29-31-22-15-24-28(19(6)27(22)33(29)7)34(8)30-32-26-18(5)11-9-14-23(26)35(24)30;1-15-23-17(16-10-7-8-12-19(16)28(23)5)14-21-24(15)29(6)25-27-22-18(26(2,3)4)11-9-13-20(22)30(21)25;1-12-18-14(22-11-24(18)5)10-16-19(12)25(6)20-23-17-13(21(2,3)4)8-7-9-15(17)26(16)20;1-10-6-5-7-13-15(10)20-18-22(4)17-11(2)16-12(19-9-21(16)3)8-14(17)23(13)18/h9-17H,1-8H3;7-14H,1-6H3;7-11H,1-6H3;5-9H,1-4H3. The molecule has 0 spiro atoms. The van der Waals surface area contributed by atoms with Crippen LogP contribution in [0.2, 0.25) is 0 Å². The summed E-state index contributed by atoms with van der Waals surface area (Å²) in [6, 6.07) is 50.2. The SMILES string of the molecule is Cc1c2c(cc3c1n(C)c1nc4c(C(C)(C)C)cccc4n31)c1ccccc1n2C.Cc1c2c(cc3c1n(C)c1nc4c(C(C)(C)C)cccc4n31)ncn2C.Cc1cccc2c1nc1n(C)c3c(C)c4c(cc3n21)nc(-c1c(C(C)C)cccc1C(C)C)n4C.Cc1cccc2c1nc1n(C)c3c(C)c4c(cc3n21)ncn4C. The van der Waals surface area contributed by atoms with E-state index in [1.807, 2.05) is 26.7 Å². The molecule has 0 aliphatic carbocycles. The molecule has 0 bridgehead atoms. The average molecular weight is 1510 g/mol. The molecule has 22 rings (SSSR count). The molecule has 10 aromatic carbocycles. The number of rotatable bonds is 3. The molecule has 19 nitrogen and oxygen atoms in total. The van der Waals surface area contributed by atoms with Gasteiger partial charge >= 0.3 is 0 Å². The Morgan fingerprint density at radius 2 is 0.649 bits per heavy atom. The molecule has 0 N–H and O–H groups in total. The van der Waals surface area contributed by atoms with Crippen LogP contribution in [-0.4, -0.2) is 89.0 Å². The summed E-state index contributed by atoms with van der Waals surface area (Å²) in [5, 5.41) is 2.61. The maximum Gasteiger partial charge on any atom is 0.215 e. The predicted octanol–water partition coefficient (Wildman–Crippen LogP) is 21.6. The molecule has 12 heterocycles. The first kappa shape index (κ1) is 71.8. The van der Waals surface area contributed by atoms with Gasteiger partial charge in [0.15, 0.2) is 0 Å². The maximum absolute atomic E-state index is 5.30. The van der Waals surface area contributed by atoms with E-state index in [1.165, 1.54) is 144 Å². The minimum atomic E-state index is 0.0477. The largest absolute Gasteiger partial charge is 0.343 e. The van der Waals surface area contributed by atoms with E-state index in [1.54, 1.807) is 0 Å². The van der Waals surface area contributed by atoms with Crippen LogP contribution in [0.15, 0.2) is 152 Å². The molecular weight excluding hydrogens is 1410 g/mol. The third-order valence-corrected chi connectivity index (χ3v) is 24.9. The van der Waals surface area contributed by atoms with Gasteiger partial charge in [0, 0.05) is 94.9 Å². The molecule has 19 heteroatoms. The monoisotopic (exact) mass is 1510 g/mol. The summed E-state index contributed by atoms with van der Waals surface area (Å²) in [5.41, 5.74) is 41.9.